The summed E-state index contributed by atoms with van der Waals surface area (Å²) in [5.74, 6) is -0.306. The average Bonchev–Trinajstić information content (AvgIpc) is 2.67. The molecule has 1 heterocycles. The highest BCUT2D eigenvalue weighted by Crippen LogP contribution is 2.30. The van der Waals surface area contributed by atoms with Crippen LogP contribution in [0.5, 0.6) is 0 Å². The van der Waals surface area contributed by atoms with Crippen LogP contribution in [0.2, 0.25) is 5.02 Å². The fourth-order valence-corrected chi connectivity index (χ4v) is 3.04. The van der Waals surface area contributed by atoms with Gasteiger partial charge in [0.2, 0.25) is 0 Å². The fraction of sp³-hybridized carbons (Fsp3) is 0.0952. The Morgan fingerprint density at radius 3 is 2.63 bits per heavy atom. The first-order chi connectivity index (χ1) is 13.0. The molecule has 6 heteroatoms. The third-order valence-electron chi connectivity index (χ3n) is 4.25. The zero-order chi connectivity index (χ0) is 19.4. The number of hydrogen-bond acceptors (Lipinski definition) is 4. The molecule has 2 aromatic carbocycles. The number of benzene rings is 2. The van der Waals surface area contributed by atoms with Crippen LogP contribution in [-0.2, 0) is 4.79 Å². The van der Waals surface area contributed by atoms with Crippen molar-refractivity contribution in [3.63, 3.8) is 0 Å². The predicted molar refractivity (Wildman–Crippen MR) is 112 cm³/mol. The topological polar surface area (TPSA) is 80.4 Å². The van der Waals surface area contributed by atoms with Crippen LogP contribution in [0.3, 0.4) is 0 Å². The molecule has 0 fully saturated rings. The van der Waals surface area contributed by atoms with E-state index in [0.29, 0.717) is 5.02 Å². The van der Waals surface area contributed by atoms with Gasteiger partial charge in [-0.1, -0.05) is 29.8 Å². The van der Waals surface area contributed by atoms with Gasteiger partial charge < -0.3 is 11.1 Å². The molecule has 0 spiro atoms. The van der Waals surface area contributed by atoms with Gasteiger partial charge in [-0.15, -0.1) is 0 Å². The average molecular weight is 379 g/mol. The number of aliphatic imine (C=N–C) groups is 1. The fourth-order valence-electron chi connectivity index (χ4n) is 2.82. The monoisotopic (exact) mass is 378 g/mol. The number of pyridine rings is 1. The molecule has 0 radical (unpaired) electrons. The van der Waals surface area contributed by atoms with E-state index in [2.05, 4.69) is 15.3 Å². The first kappa shape index (κ1) is 18.6. The summed E-state index contributed by atoms with van der Waals surface area (Å²) in [5.41, 5.74) is 9.34. The third kappa shape index (κ3) is 3.99. The van der Waals surface area contributed by atoms with Crippen LogP contribution in [0.4, 0.5) is 5.69 Å². The van der Waals surface area contributed by atoms with E-state index >= 15 is 0 Å². The quantitative estimate of drug-likeness (QED) is 0.662. The van der Waals surface area contributed by atoms with Crippen molar-refractivity contribution in [2.45, 2.75) is 6.92 Å². The zero-order valence-electron chi connectivity index (χ0n) is 15.0. The smallest absolute Gasteiger partial charge is 0.273 e. The number of carbonyl (C=O) groups excluding carboxylic acids is 1. The van der Waals surface area contributed by atoms with Gasteiger partial charge in [-0.05, 0) is 54.1 Å². The Hall–Kier alpha value is -3.18. The van der Waals surface area contributed by atoms with Crippen LogP contribution in [-0.4, -0.2) is 23.7 Å². The van der Waals surface area contributed by atoms with Gasteiger partial charge in [0.1, 0.15) is 5.71 Å². The van der Waals surface area contributed by atoms with Crippen molar-refractivity contribution >= 4 is 39.7 Å². The first-order valence-corrected chi connectivity index (χ1v) is 8.72. The lowest BCUT2D eigenvalue weighted by Crippen LogP contribution is -2.22. The number of aromatic nitrogens is 1. The number of hydrogen-bond donors (Lipinski definition) is 2. The minimum atomic E-state index is -0.306. The molecule has 0 aliphatic rings. The van der Waals surface area contributed by atoms with Gasteiger partial charge in [0.15, 0.2) is 0 Å². The van der Waals surface area contributed by atoms with Crippen LogP contribution in [0.15, 0.2) is 66.1 Å². The maximum Gasteiger partial charge on any atom is 0.273 e. The Kier molecular flexibility index (Phi) is 5.52. The van der Waals surface area contributed by atoms with E-state index in [-0.39, 0.29) is 11.6 Å². The van der Waals surface area contributed by atoms with Gasteiger partial charge in [-0.3, -0.25) is 14.8 Å². The second-order valence-electron chi connectivity index (χ2n) is 6.01. The normalized spacial score (nSPS) is 11.9. The molecule has 1 amide bonds. The highest BCUT2D eigenvalue weighted by molar-refractivity contribution is 6.47. The van der Waals surface area contributed by atoms with Gasteiger partial charge in [0, 0.05) is 35.9 Å². The van der Waals surface area contributed by atoms with Gasteiger partial charge in [0.05, 0.1) is 5.02 Å². The highest BCUT2D eigenvalue weighted by atomic mass is 35.5. The van der Waals surface area contributed by atoms with Crippen molar-refractivity contribution in [1.82, 2.24) is 4.98 Å². The zero-order valence-corrected chi connectivity index (χ0v) is 15.8. The van der Waals surface area contributed by atoms with E-state index in [0.717, 1.165) is 33.2 Å². The number of anilines is 1. The molecule has 1 aromatic heterocycles. The molecular formula is C21H19ClN4O. The molecule has 3 rings (SSSR count). The Labute approximate surface area is 162 Å². The number of amides is 1. The molecular weight excluding hydrogens is 360 g/mol. The number of rotatable bonds is 4. The van der Waals surface area contributed by atoms with E-state index in [9.17, 15) is 4.79 Å². The van der Waals surface area contributed by atoms with E-state index in [1.54, 1.807) is 19.4 Å². The molecule has 0 aliphatic heterocycles. The lowest BCUT2D eigenvalue weighted by atomic mass is 10.00. The standard InChI is InChI=1S/C21H19ClN4O/c1-13-9-14(5-6-19(13)26-21(27)20(24-2)7-8-23)15-3-4-16-11-25-12-18(22)17(16)10-15/h3-12H,23H2,1-2H3,(H,26,27). The lowest BCUT2D eigenvalue weighted by molar-refractivity contribution is -0.110. The van der Waals surface area contributed by atoms with Gasteiger partial charge >= 0.3 is 0 Å². The molecule has 0 saturated carbocycles. The molecule has 0 unspecified atom stereocenters. The maximum absolute atomic E-state index is 12.3. The third-order valence-corrected chi connectivity index (χ3v) is 4.55. The van der Waals surface area contributed by atoms with E-state index < -0.39 is 0 Å². The molecule has 5 nitrogen and oxygen atoms in total. The lowest BCUT2D eigenvalue weighted by Gasteiger charge is -2.11. The van der Waals surface area contributed by atoms with Crippen molar-refractivity contribution in [3.05, 3.63) is 71.7 Å². The van der Waals surface area contributed by atoms with Crippen molar-refractivity contribution in [3.8, 4) is 11.1 Å². The molecule has 0 aliphatic carbocycles. The second kappa shape index (κ2) is 8.01. The Balaban J connectivity index is 1.91. The number of aryl methyl sites for hydroxylation is 1. The summed E-state index contributed by atoms with van der Waals surface area (Å²) >= 11 is 6.26. The van der Waals surface area contributed by atoms with Crippen LogP contribution in [0.1, 0.15) is 5.56 Å². The SMILES string of the molecule is CN=C(C=CN)C(=O)Nc1ccc(-c2ccc3cncc(Cl)c3c2)cc1C. The number of nitrogens with one attached hydrogen (secondary N) is 1. The molecule has 0 saturated heterocycles. The Morgan fingerprint density at radius 1 is 1.19 bits per heavy atom. The molecule has 3 N–H and O–H groups in total. The van der Waals surface area contributed by atoms with Gasteiger partial charge in [-0.25, -0.2) is 0 Å². The largest absolute Gasteiger partial charge is 0.405 e. The number of halogens is 1. The minimum absolute atomic E-state index is 0.263. The summed E-state index contributed by atoms with van der Waals surface area (Å²) in [4.78, 5) is 20.3. The molecule has 136 valence electrons. The van der Waals surface area contributed by atoms with Crippen molar-refractivity contribution in [2.75, 3.05) is 12.4 Å². The number of nitrogens with two attached hydrogens (primary N) is 1. The van der Waals surface area contributed by atoms with Crippen LogP contribution in [0.25, 0.3) is 21.9 Å². The van der Waals surface area contributed by atoms with Crippen LogP contribution >= 0.6 is 11.6 Å². The van der Waals surface area contributed by atoms with E-state index in [1.807, 2.05) is 43.3 Å². The highest BCUT2D eigenvalue weighted by Gasteiger charge is 2.10. The summed E-state index contributed by atoms with van der Waals surface area (Å²) in [7, 11) is 1.55. The van der Waals surface area contributed by atoms with E-state index in [1.165, 1.54) is 12.3 Å². The summed E-state index contributed by atoms with van der Waals surface area (Å²) in [6.07, 6.45) is 6.18. The first-order valence-electron chi connectivity index (χ1n) is 8.34. The van der Waals surface area contributed by atoms with Gasteiger partial charge in [-0.2, -0.15) is 0 Å². The van der Waals surface area contributed by atoms with Crippen LogP contribution < -0.4 is 11.1 Å². The summed E-state index contributed by atoms with van der Waals surface area (Å²) in [6, 6.07) is 11.9. The van der Waals surface area contributed by atoms with Crippen molar-refractivity contribution < 1.29 is 4.79 Å². The number of fused-ring (bicyclic) bond motifs is 1. The number of nitrogens with zero attached hydrogens (tertiary/aromatic N) is 2. The molecule has 0 bridgehead atoms. The number of carbonyl (C=O) groups is 1. The molecule has 3 aromatic rings. The summed E-state index contributed by atoms with van der Waals surface area (Å²) < 4.78 is 0. The van der Waals surface area contributed by atoms with Crippen molar-refractivity contribution in [1.29, 1.82) is 0 Å². The minimum Gasteiger partial charge on any atom is -0.405 e. The summed E-state index contributed by atoms with van der Waals surface area (Å²) in [6.45, 7) is 1.94. The molecule has 0 atom stereocenters. The summed E-state index contributed by atoms with van der Waals surface area (Å²) in [5, 5.41) is 5.42. The second-order valence-corrected chi connectivity index (χ2v) is 6.42. The predicted octanol–water partition coefficient (Wildman–Crippen LogP) is 4.35. The van der Waals surface area contributed by atoms with Crippen molar-refractivity contribution in [2.24, 2.45) is 10.7 Å². The maximum atomic E-state index is 12.3. The van der Waals surface area contributed by atoms with Crippen LogP contribution in [0, 0.1) is 6.92 Å². The Bertz CT molecular complexity index is 1070. The van der Waals surface area contributed by atoms with Gasteiger partial charge in [0.25, 0.3) is 5.91 Å². The van der Waals surface area contributed by atoms with E-state index in [4.69, 9.17) is 17.3 Å². The molecule has 27 heavy (non-hydrogen) atoms. The Morgan fingerprint density at radius 2 is 1.93 bits per heavy atom.